The van der Waals surface area contributed by atoms with Gasteiger partial charge in [0, 0.05) is 82.9 Å². The smallest absolute Gasteiger partial charge is 0.252 e. The lowest BCUT2D eigenvalue weighted by molar-refractivity contribution is 0.590. The molecule has 2 aliphatic rings. The first-order valence-corrected chi connectivity index (χ1v) is 32.6. The van der Waals surface area contributed by atoms with Crippen LogP contribution in [0.3, 0.4) is 0 Å². The fourth-order valence-electron chi connectivity index (χ4n) is 15.9. The molecule has 7 heteroatoms. The summed E-state index contributed by atoms with van der Waals surface area (Å²) in [5.41, 5.74) is 26.6. The van der Waals surface area contributed by atoms with Gasteiger partial charge in [-0.2, -0.15) is 0 Å². The SMILES string of the molecule is CC(C)(C)c1ccc(N2c3cc(-n4c5ccccc5c5ccccc54)ccc3B3c4ccc(-n5c6ccccc6c6ccccc65)cc4N(c4cc(-c5ccccc5)cc5c4oc4c(-n6c7ccccc7c7ccccc76)cccc45)c4cc(C(C)(C)C)cc2c43)cc1. The van der Waals surface area contributed by atoms with Crippen molar-refractivity contribution in [1.29, 1.82) is 0 Å². The predicted octanol–water partition coefficient (Wildman–Crippen LogP) is 21.2. The van der Waals surface area contributed by atoms with Gasteiger partial charge in [-0.3, -0.25) is 0 Å². The zero-order valence-corrected chi connectivity index (χ0v) is 52.8. The Balaban J connectivity index is 0.949. The van der Waals surface area contributed by atoms with Gasteiger partial charge in [-0.15, -0.1) is 0 Å². The van der Waals surface area contributed by atoms with E-state index in [4.69, 9.17) is 4.42 Å². The minimum Gasteiger partial charge on any atom is -0.452 e. The van der Waals surface area contributed by atoms with Crippen LogP contribution in [-0.2, 0) is 10.8 Å². The second-order valence-corrected chi connectivity index (χ2v) is 27.7. The second-order valence-electron chi connectivity index (χ2n) is 27.7. The van der Waals surface area contributed by atoms with Crippen molar-refractivity contribution in [3.8, 4) is 28.2 Å². The predicted molar refractivity (Wildman–Crippen MR) is 394 cm³/mol. The number of benzene rings is 13. The standard InChI is InChI=1S/C86H64BN5O/c1-85(2,3)55-39-41-57(42-40-55)88-77-51-58(89-70-32-16-10-25-60(70)61-26-11-17-33-71(61)89)43-45-68(77)87-69-46-44-59(90-72-34-18-12-27-62(72)63-28-13-19-35-73(63)90)52-78(69)92(80-50-56(86(4,5)6)49-79(88)82(80)87)81-48-54(53-23-8-7-9-24-53)47-67-66-31-22-38-76(83(66)93-84(67)81)91-74-36-20-14-29-64(74)65-30-15-21-37-75(65)91/h7-52H,1-6H3. The van der Waals surface area contributed by atoms with Crippen LogP contribution in [0.2, 0.25) is 0 Å². The molecule has 0 saturated heterocycles. The van der Waals surface area contributed by atoms with E-state index < -0.39 is 0 Å². The maximum Gasteiger partial charge on any atom is 0.252 e. The number of hydrogen-bond acceptors (Lipinski definition) is 3. The molecule has 2 aliphatic heterocycles. The van der Waals surface area contributed by atoms with Gasteiger partial charge in [0.05, 0.1) is 44.5 Å². The summed E-state index contributed by atoms with van der Waals surface area (Å²) < 4.78 is 15.2. The second kappa shape index (κ2) is 19.6. The summed E-state index contributed by atoms with van der Waals surface area (Å²) in [6.45, 7) is 13.8. The number of anilines is 6. The Bertz CT molecular complexity index is 5830. The highest BCUT2D eigenvalue weighted by molar-refractivity contribution is 7.00. The molecular formula is C86H64BN5O. The first-order chi connectivity index (χ1) is 45.4. The van der Waals surface area contributed by atoms with Crippen LogP contribution in [0.1, 0.15) is 52.7 Å². The van der Waals surface area contributed by atoms with E-state index in [0.717, 1.165) is 106 Å². The zero-order valence-electron chi connectivity index (χ0n) is 52.8. The molecule has 19 rings (SSSR count). The number of para-hydroxylation sites is 7. The van der Waals surface area contributed by atoms with Crippen LogP contribution in [0.25, 0.3) is 116 Å². The van der Waals surface area contributed by atoms with Gasteiger partial charge in [0.25, 0.3) is 6.71 Å². The molecule has 6 heterocycles. The van der Waals surface area contributed by atoms with E-state index in [1.807, 2.05) is 0 Å². The number of rotatable bonds is 6. The van der Waals surface area contributed by atoms with Crippen LogP contribution in [-0.4, -0.2) is 20.4 Å². The third-order valence-corrected chi connectivity index (χ3v) is 20.3. The minimum atomic E-state index is -0.275. The Hall–Kier alpha value is -11.3. The Morgan fingerprint density at radius 1 is 0.269 bits per heavy atom. The van der Waals surface area contributed by atoms with Crippen molar-refractivity contribution in [1.82, 2.24) is 13.7 Å². The molecule has 0 amide bonds. The quantitative estimate of drug-likeness (QED) is 0.156. The number of fused-ring (bicyclic) bond motifs is 16. The summed E-state index contributed by atoms with van der Waals surface area (Å²) in [7, 11) is 0. The van der Waals surface area contributed by atoms with Gasteiger partial charge in [-0.1, -0.05) is 217 Å². The van der Waals surface area contributed by atoms with E-state index >= 15 is 0 Å². The van der Waals surface area contributed by atoms with Crippen molar-refractivity contribution in [2.45, 2.75) is 52.4 Å². The molecule has 93 heavy (non-hydrogen) atoms. The molecule has 4 aromatic heterocycles. The van der Waals surface area contributed by atoms with E-state index in [-0.39, 0.29) is 17.5 Å². The summed E-state index contributed by atoms with van der Waals surface area (Å²) in [5, 5.41) is 9.45. The molecular weight excluding hydrogens is 1130 g/mol. The molecule has 0 saturated carbocycles. The van der Waals surface area contributed by atoms with Crippen LogP contribution in [0.4, 0.5) is 34.1 Å². The molecule has 0 fully saturated rings. The highest BCUT2D eigenvalue weighted by Crippen LogP contribution is 2.52. The van der Waals surface area contributed by atoms with Crippen molar-refractivity contribution in [3.05, 3.63) is 290 Å². The largest absolute Gasteiger partial charge is 0.452 e. The lowest BCUT2D eigenvalue weighted by atomic mass is 9.33. The van der Waals surface area contributed by atoms with Crippen LogP contribution in [0, 0.1) is 0 Å². The molecule has 6 nitrogen and oxygen atoms in total. The summed E-state index contributed by atoms with van der Waals surface area (Å²) in [5.74, 6) is 0. The van der Waals surface area contributed by atoms with Gasteiger partial charge in [-0.05, 0) is 153 Å². The normalized spacial score (nSPS) is 13.2. The fraction of sp³-hybridized carbons (Fsp3) is 0.0930. The average molecular weight is 1190 g/mol. The first kappa shape index (κ1) is 53.6. The van der Waals surface area contributed by atoms with Crippen molar-refractivity contribution in [2.75, 3.05) is 9.80 Å². The number of aromatic nitrogens is 3. The summed E-state index contributed by atoms with van der Waals surface area (Å²) in [6.07, 6.45) is 0. The number of hydrogen-bond donors (Lipinski definition) is 0. The van der Waals surface area contributed by atoms with E-state index in [0.29, 0.717) is 0 Å². The molecule has 0 atom stereocenters. The minimum absolute atomic E-state index is 0.0404. The Labute approximate surface area is 540 Å². The van der Waals surface area contributed by atoms with Crippen molar-refractivity contribution < 1.29 is 4.42 Å². The molecule has 0 radical (unpaired) electrons. The van der Waals surface area contributed by atoms with Crippen LogP contribution >= 0.6 is 0 Å². The van der Waals surface area contributed by atoms with Crippen molar-refractivity contribution in [3.63, 3.8) is 0 Å². The highest BCUT2D eigenvalue weighted by Gasteiger charge is 2.45. The Morgan fingerprint density at radius 2 is 0.677 bits per heavy atom. The third-order valence-electron chi connectivity index (χ3n) is 20.3. The van der Waals surface area contributed by atoms with Crippen molar-refractivity contribution in [2.24, 2.45) is 0 Å². The van der Waals surface area contributed by atoms with E-state index in [1.165, 1.54) is 70.9 Å². The van der Waals surface area contributed by atoms with Crippen LogP contribution in [0.5, 0.6) is 0 Å². The topological polar surface area (TPSA) is 34.4 Å². The third kappa shape index (κ3) is 7.83. The van der Waals surface area contributed by atoms with E-state index in [2.05, 4.69) is 344 Å². The van der Waals surface area contributed by atoms with Gasteiger partial charge >= 0.3 is 0 Å². The first-order valence-electron chi connectivity index (χ1n) is 32.6. The number of nitrogens with zero attached hydrogens (tertiary/aromatic N) is 5. The van der Waals surface area contributed by atoms with Gasteiger partial charge in [0.15, 0.2) is 11.2 Å². The van der Waals surface area contributed by atoms with E-state index in [9.17, 15) is 0 Å². The molecule has 0 unspecified atom stereocenters. The maximum absolute atomic E-state index is 7.84. The fourth-order valence-corrected chi connectivity index (χ4v) is 15.9. The van der Waals surface area contributed by atoms with E-state index in [1.54, 1.807) is 0 Å². The summed E-state index contributed by atoms with van der Waals surface area (Å²) in [4.78, 5) is 5.20. The number of furan rings is 1. The lowest BCUT2D eigenvalue weighted by Crippen LogP contribution is -2.61. The Morgan fingerprint density at radius 3 is 1.16 bits per heavy atom. The van der Waals surface area contributed by atoms with Crippen molar-refractivity contribution >= 4 is 145 Å². The molecule has 0 spiro atoms. The monoisotopic (exact) mass is 1190 g/mol. The maximum atomic E-state index is 7.84. The summed E-state index contributed by atoms with van der Waals surface area (Å²) >= 11 is 0. The highest BCUT2D eigenvalue weighted by atomic mass is 16.3. The van der Waals surface area contributed by atoms with Crippen LogP contribution in [0.15, 0.2) is 283 Å². The molecule has 0 N–H and O–H groups in total. The Kier molecular flexibility index (Phi) is 11.3. The summed E-state index contributed by atoms with van der Waals surface area (Å²) in [6, 6.07) is 104. The lowest BCUT2D eigenvalue weighted by Gasteiger charge is -2.45. The zero-order chi connectivity index (χ0) is 62.2. The van der Waals surface area contributed by atoms with Gasteiger partial charge in [0.2, 0.25) is 0 Å². The van der Waals surface area contributed by atoms with Gasteiger partial charge < -0.3 is 27.9 Å². The average Bonchev–Trinajstić information content (AvgIpc) is 0.879. The molecule has 17 aromatic rings. The van der Waals surface area contributed by atoms with Gasteiger partial charge in [0.1, 0.15) is 0 Å². The molecule has 442 valence electrons. The molecule has 13 aromatic carbocycles. The van der Waals surface area contributed by atoms with Crippen LogP contribution < -0.4 is 26.2 Å². The van der Waals surface area contributed by atoms with Gasteiger partial charge in [-0.25, -0.2) is 0 Å². The molecule has 0 bridgehead atoms. The molecule has 0 aliphatic carbocycles.